The number of benzene rings is 1. The van der Waals surface area contributed by atoms with Crippen LogP contribution < -0.4 is 4.74 Å². The van der Waals surface area contributed by atoms with E-state index >= 15 is 0 Å². The number of nitrogens with zero attached hydrogens (tertiary/aromatic N) is 1. The summed E-state index contributed by atoms with van der Waals surface area (Å²) >= 11 is 0. The summed E-state index contributed by atoms with van der Waals surface area (Å²) in [6.07, 6.45) is 0.700. The highest BCUT2D eigenvalue weighted by molar-refractivity contribution is 7.89. The van der Waals surface area contributed by atoms with Crippen molar-refractivity contribution in [2.24, 2.45) is 5.92 Å². The lowest BCUT2D eigenvalue weighted by molar-refractivity contribution is -0.142. The van der Waals surface area contributed by atoms with Crippen molar-refractivity contribution >= 4 is 16.0 Å². The Bertz CT molecular complexity index is 652. The minimum atomic E-state index is -3.60. The number of carbonyl (C=O) groups is 1. The van der Waals surface area contributed by atoms with Crippen molar-refractivity contribution in [1.82, 2.24) is 4.31 Å². The van der Waals surface area contributed by atoms with Crippen molar-refractivity contribution in [3.8, 4) is 5.75 Å². The highest BCUT2D eigenvalue weighted by atomic mass is 32.2. The number of ether oxygens (including phenoxy) is 1. The molecule has 0 saturated carbocycles. The van der Waals surface area contributed by atoms with Crippen LogP contribution in [0.5, 0.6) is 5.75 Å². The SMILES string of the molecule is COc1c(C)cc(S(=O)(=O)N2CCC(C(=O)O)CC2)cc1C. The summed E-state index contributed by atoms with van der Waals surface area (Å²) in [5.41, 5.74) is 1.53. The molecule has 0 unspecified atom stereocenters. The van der Waals surface area contributed by atoms with E-state index in [9.17, 15) is 13.2 Å². The van der Waals surface area contributed by atoms with Crippen LogP contribution in [-0.2, 0) is 14.8 Å². The average molecular weight is 327 g/mol. The van der Waals surface area contributed by atoms with E-state index in [0.29, 0.717) is 18.6 Å². The Labute approximate surface area is 130 Å². The molecule has 0 amide bonds. The Morgan fingerprint density at radius 1 is 1.23 bits per heavy atom. The molecular formula is C15H21NO5S. The van der Waals surface area contributed by atoms with E-state index in [1.54, 1.807) is 19.2 Å². The van der Waals surface area contributed by atoms with Gasteiger partial charge in [0.25, 0.3) is 0 Å². The number of piperidine rings is 1. The lowest BCUT2D eigenvalue weighted by atomic mass is 9.99. The summed E-state index contributed by atoms with van der Waals surface area (Å²) in [5, 5.41) is 8.99. The third kappa shape index (κ3) is 3.10. The van der Waals surface area contributed by atoms with Gasteiger partial charge in [-0.2, -0.15) is 4.31 Å². The van der Waals surface area contributed by atoms with Gasteiger partial charge in [-0.1, -0.05) is 0 Å². The molecule has 122 valence electrons. The summed E-state index contributed by atoms with van der Waals surface area (Å²) < 4.78 is 32.0. The fourth-order valence-corrected chi connectivity index (χ4v) is 4.51. The Kier molecular flexibility index (Phi) is 4.77. The number of aliphatic carboxylic acids is 1. The van der Waals surface area contributed by atoms with Crippen molar-refractivity contribution in [3.63, 3.8) is 0 Å². The molecule has 0 radical (unpaired) electrons. The molecule has 6 nitrogen and oxygen atoms in total. The van der Waals surface area contributed by atoms with Crippen LogP contribution in [0.15, 0.2) is 17.0 Å². The van der Waals surface area contributed by atoms with Crippen LogP contribution in [0, 0.1) is 19.8 Å². The van der Waals surface area contributed by atoms with Gasteiger partial charge in [0.1, 0.15) is 5.75 Å². The Morgan fingerprint density at radius 2 is 1.73 bits per heavy atom. The first kappa shape index (κ1) is 16.8. The van der Waals surface area contributed by atoms with Gasteiger partial charge in [-0.3, -0.25) is 4.79 Å². The molecule has 0 aromatic heterocycles. The van der Waals surface area contributed by atoms with E-state index in [1.807, 2.05) is 13.8 Å². The maximum absolute atomic E-state index is 12.7. The molecule has 1 aliphatic heterocycles. The minimum absolute atomic E-state index is 0.233. The second-order valence-corrected chi connectivity index (χ2v) is 7.54. The third-order valence-corrected chi connectivity index (χ3v) is 5.96. The number of carboxylic acids is 1. The summed E-state index contributed by atoms with van der Waals surface area (Å²) in [4.78, 5) is 11.2. The van der Waals surface area contributed by atoms with Gasteiger partial charge < -0.3 is 9.84 Å². The van der Waals surface area contributed by atoms with E-state index in [4.69, 9.17) is 9.84 Å². The van der Waals surface area contributed by atoms with Crippen LogP contribution >= 0.6 is 0 Å². The average Bonchev–Trinajstić information content (AvgIpc) is 2.47. The minimum Gasteiger partial charge on any atom is -0.496 e. The quantitative estimate of drug-likeness (QED) is 0.911. The molecule has 7 heteroatoms. The van der Waals surface area contributed by atoms with Crippen molar-refractivity contribution in [2.75, 3.05) is 20.2 Å². The third-order valence-electron chi connectivity index (χ3n) is 4.08. The normalized spacial score (nSPS) is 17.4. The fourth-order valence-electron chi connectivity index (χ4n) is 2.87. The van der Waals surface area contributed by atoms with Gasteiger partial charge in [-0.05, 0) is 49.9 Å². The highest BCUT2D eigenvalue weighted by Gasteiger charge is 2.32. The molecule has 0 atom stereocenters. The number of rotatable bonds is 4. The van der Waals surface area contributed by atoms with E-state index in [2.05, 4.69) is 0 Å². The summed E-state index contributed by atoms with van der Waals surface area (Å²) in [5.74, 6) is -0.623. The second kappa shape index (κ2) is 6.26. The van der Waals surface area contributed by atoms with Gasteiger partial charge in [0.15, 0.2) is 0 Å². The molecule has 1 aliphatic rings. The predicted molar refractivity (Wildman–Crippen MR) is 81.6 cm³/mol. The molecule has 0 spiro atoms. The number of sulfonamides is 1. The number of carboxylic acid groups (broad SMARTS) is 1. The topological polar surface area (TPSA) is 83.9 Å². The molecule has 1 aromatic rings. The van der Waals surface area contributed by atoms with Crippen molar-refractivity contribution in [3.05, 3.63) is 23.3 Å². The maximum Gasteiger partial charge on any atom is 0.306 e. The largest absolute Gasteiger partial charge is 0.496 e. The molecular weight excluding hydrogens is 306 g/mol. The van der Waals surface area contributed by atoms with Gasteiger partial charge in [-0.25, -0.2) is 8.42 Å². The smallest absolute Gasteiger partial charge is 0.306 e. The van der Waals surface area contributed by atoms with Crippen molar-refractivity contribution in [2.45, 2.75) is 31.6 Å². The maximum atomic E-state index is 12.7. The summed E-state index contributed by atoms with van der Waals surface area (Å²) in [6, 6.07) is 3.20. The Hall–Kier alpha value is -1.60. The first-order valence-corrected chi connectivity index (χ1v) is 8.59. The van der Waals surface area contributed by atoms with E-state index in [-0.39, 0.29) is 18.0 Å². The second-order valence-electron chi connectivity index (χ2n) is 5.61. The first-order valence-electron chi connectivity index (χ1n) is 7.15. The predicted octanol–water partition coefficient (Wildman–Crippen LogP) is 1.80. The number of hydrogen-bond donors (Lipinski definition) is 1. The first-order chi connectivity index (χ1) is 10.3. The molecule has 1 saturated heterocycles. The van der Waals surface area contributed by atoms with Crippen molar-refractivity contribution in [1.29, 1.82) is 0 Å². The van der Waals surface area contributed by atoms with Crippen LogP contribution in [0.4, 0.5) is 0 Å². The van der Waals surface area contributed by atoms with Gasteiger partial charge in [-0.15, -0.1) is 0 Å². The fraction of sp³-hybridized carbons (Fsp3) is 0.533. The molecule has 1 fully saturated rings. The summed E-state index contributed by atoms with van der Waals surface area (Å²) in [6.45, 7) is 4.09. The van der Waals surface area contributed by atoms with Crippen LogP contribution in [0.3, 0.4) is 0 Å². The Balaban J connectivity index is 2.27. The zero-order chi connectivity index (χ0) is 16.5. The lowest BCUT2D eigenvalue weighted by Gasteiger charge is -2.29. The van der Waals surface area contributed by atoms with Gasteiger partial charge >= 0.3 is 5.97 Å². The van der Waals surface area contributed by atoms with Crippen LogP contribution in [0.25, 0.3) is 0 Å². The number of methoxy groups -OCH3 is 1. The van der Waals surface area contributed by atoms with Gasteiger partial charge in [0.05, 0.1) is 17.9 Å². The van der Waals surface area contributed by atoms with Gasteiger partial charge in [0.2, 0.25) is 10.0 Å². The molecule has 22 heavy (non-hydrogen) atoms. The molecule has 2 rings (SSSR count). The molecule has 0 aliphatic carbocycles. The zero-order valence-electron chi connectivity index (χ0n) is 13.0. The van der Waals surface area contributed by atoms with Crippen LogP contribution in [0.1, 0.15) is 24.0 Å². The van der Waals surface area contributed by atoms with Crippen molar-refractivity contribution < 1.29 is 23.1 Å². The van der Waals surface area contributed by atoms with Crippen LogP contribution in [-0.4, -0.2) is 44.0 Å². The van der Waals surface area contributed by atoms with E-state index < -0.39 is 21.9 Å². The molecule has 1 heterocycles. The van der Waals surface area contributed by atoms with E-state index in [1.165, 1.54) is 4.31 Å². The lowest BCUT2D eigenvalue weighted by Crippen LogP contribution is -2.40. The highest BCUT2D eigenvalue weighted by Crippen LogP contribution is 2.29. The zero-order valence-corrected chi connectivity index (χ0v) is 13.8. The van der Waals surface area contributed by atoms with Crippen LogP contribution in [0.2, 0.25) is 0 Å². The molecule has 1 N–H and O–H groups in total. The monoisotopic (exact) mass is 327 g/mol. The Morgan fingerprint density at radius 3 is 2.14 bits per heavy atom. The molecule has 0 bridgehead atoms. The van der Waals surface area contributed by atoms with Gasteiger partial charge in [0, 0.05) is 13.1 Å². The standard InChI is InChI=1S/C15H21NO5S/c1-10-8-13(9-11(2)14(10)21-3)22(19,20)16-6-4-12(5-7-16)15(17)18/h8-9,12H,4-7H2,1-3H3,(H,17,18). The number of aryl methyl sites for hydroxylation is 2. The number of hydrogen-bond acceptors (Lipinski definition) is 4. The molecule has 1 aromatic carbocycles. The van der Waals surface area contributed by atoms with E-state index in [0.717, 1.165) is 11.1 Å². The summed E-state index contributed by atoms with van der Waals surface area (Å²) in [7, 11) is -2.04.